The molecule has 1 aliphatic rings. The summed E-state index contributed by atoms with van der Waals surface area (Å²) in [5.74, 6) is -1.59. The van der Waals surface area contributed by atoms with E-state index in [0.717, 1.165) is 0 Å². The summed E-state index contributed by atoms with van der Waals surface area (Å²) in [5.41, 5.74) is 0. The van der Waals surface area contributed by atoms with Crippen molar-refractivity contribution < 1.29 is 23.1 Å². The van der Waals surface area contributed by atoms with Crippen LogP contribution in [-0.4, -0.2) is 66.5 Å². The Morgan fingerprint density at radius 1 is 1.18 bits per heavy atom. The van der Waals surface area contributed by atoms with Gasteiger partial charge in [0.05, 0.1) is 12.2 Å². The van der Waals surface area contributed by atoms with Crippen LogP contribution in [0.15, 0.2) is 0 Å². The van der Waals surface area contributed by atoms with E-state index in [1.165, 1.54) is 11.2 Å². The lowest BCUT2D eigenvalue weighted by Gasteiger charge is -2.33. The predicted octanol–water partition coefficient (Wildman–Crippen LogP) is -1.04. The number of carbonyl (C=O) groups is 2. The summed E-state index contributed by atoms with van der Waals surface area (Å²) in [6.07, 6.45) is -0.394. The molecular weight excluding hydrogens is 248 g/mol. The summed E-state index contributed by atoms with van der Waals surface area (Å²) < 4.78 is 24.7. The van der Waals surface area contributed by atoms with Gasteiger partial charge in [0, 0.05) is 33.1 Å². The van der Waals surface area contributed by atoms with Gasteiger partial charge in [0.2, 0.25) is 15.9 Å². The third-order valence-electron chi connectivity index (χ3n) is 2.65. The molecule has 1 rings (SSSR count). The highest BCUT2D eigenvalue weighted by Crippen LogP contribution is 2.09. The molecule has 0 atom stereocenters. The quantitative estimate of drug-likeness (QED) is 0.699. The number of hydrogen-bond donors (Lipinski definition) is 1. The largest absolute Gasteiger partial charge is 0.481 e. The highest BCUT2D eigenvalue weighted by atomic mass is 32.2. The zero-order valence-electron chi connectivity index (χ0n) is 9.63. The van der Waals surface area contributed by atoms with E-state index in [2.05, 4.69) is 0 Å². The van der Waals surface area contributed by atoms with Gasteiger partial charge in [0.1, 0.15) is 0 Å². The van der Waals surface area contributed by atoms with Gasteiger partial charge in [-0.3, -0.25) is 9.59 Å². The van der Waals surface area contributed by atoms with Crippen LogP contribution in [0.2, 0.25) is 0 Å². The van der Waals surface area contributed by atoms with Crippen molar-refractivity contribution in [3.05, 3.63) is 0 Å². The number of rotatable bonds is 4. The molecule has 1 heterocycles. The molecule has 17 heavy (non-hydrogen) atoms. The number of hydrogen-bond acceptors (Lipinski definition) is 4. The number of carboxylic acids is 1. The second kappa shape index (κ2) is 5.46. The van der Waals surface area contributed by atoms with Gasteiger partial charge in [-0.15, -0.1) is 0 Å². The standard InChI is InChI=1S/C9H16N2O5S/c1-8(12)10-3-5-11(6-4-10)17(15,16)7-2-9(13)14/h2-7H2,1H3,(H,13,14). The van der Waals surface area contributed by atoms with Gasteiger partial charge in [-0.1, -0.05) is 0 Å². The van der Waals surface area contributed by atoms with Crippen LogP contribution in [0.4, 0.5) is 0 Å². The third kappa shape index (κ3) is 3.97. The summed E-state index contributed by atoms with van der Waals surface area (Å²) in [6, 6.07) is 0. The third-order valence-corrected chi connectivity index (χ3v) is 4.52. The van der Waals surface area contributed by atoms with Gasteiger partial charge >= 0.3 is 5.97 Å². The summed E-state index contributed by atoms with van der Waals surface area (Å²) in [5, 5.41) is 8.45. The molecule has 98 valence electrons. The maximum Gasteiger partial charge on any atom is 0.304 e. The van der Waals surface area contributed by atoms with Crippen molar-refractivity contribution >= 4 is 21.9 Å². The Kier molecular flexibility index (Phi) is 4.47. The normalized spacial score (nSPS) is 18.1. The van der Waals surface area contributed by atoms with Crippen molar-refractivity contribution in [2.75, 3.05) is 31.9 Å². The summed E-state index contributed by atoms with van der Waals surface area (Å²) in [4.78, 5) is 23.0. The molecule has 0 saturated carbocycles. The fourth-order valence-electron chi connectivity index (χ4n) is 1.63. The lowest BCUT2D eigenvalue weighted by Crippen LogP contribution is -2.50. The van der Waals surface area contributed by atoms with Crippen LogP contribution in [0, 0.1) is 0 Å². The number of carbonyl (C=O) groups excluding carboxylic acids is 1. The first-order valence-electron chi connectivity index (χ1n) is 5.28. The Morgan fingerprint density at radius 2 is 1.71 bits per heavy atom. The minimum absolute atomic E-state index is 0.0763. The molecule has 0 bridgehead atoms. The number of aliphatic carboxylic acids is 1. The summed E-state index contributed by atoms with van der Waals surface area (Å²) in [6.45, 7) is 2.64. The number of piperazine rings is 1. The minimum Gasteiger partial charge on any atom is -0.481 e. The second-order valence-electron chi connectivity index (χ2n) is 3.86. The van der Waals surface area contributed by atoms with E-state index in [0.29, 0.717) is 13.1 Å². The monoisotopic (exact) mass is 264 g/mol. The van der Waals surface area contributed by atoms with E-state index in [1.807, 2.05) is 0 Å². The molecule has 0 spiro atoms. The van der Waals surface area contributed by atoms with Crippen molar-refractivity contribution in [3.8, 4) is 0 Å². The molecule has 0 aromatic heterocycles. The predicted molar refractivity (Wildman–Crippen MR) is 59.9 cm³/mol. The first-order valence-corrected chi connectivity index (χ1v) is 6.89. The Bertz CT molecular complexity index is 398. The van der Waals surface area contributed by atoms with Crippen molar-refractivity contribution in [2.45, 2.75) is 13.3 Å². The smallest absolute Gasteiger partial charge is 0.304 e. The summed E-state index contributed by atoms with van der Waals surface area (Å²) >= 11 is 0. The molecule has 0 aliphatic carbocycles. The van der Waals surface area contributed by atoms with Crippen LogP contribution < -0.4 is 0 Å². The molecule has 8 heteroatoms. The maximum atomic E-state index is 11.7. The van der Waals surface area contributed by atoms with E-state index >= 15 is 0 Å². The molecular formula is C9H16N2O5S. The van der Waals surface area contributed by atoms with Crippen LogP contribution in [0.25, 0.3) is 0 Å². The molecule has 1 aliphatic heterocycles. The van der Waals surface area contributed by atoms with Gasteiger partial charge in [-0.2, -0.15) is 4.31 Å². The highest BCUT2D eigenvalue weighted by Gasteiger charge is 2.27. The van der Waals surface area contributed by atoms with Crippen molar-refractivity contribution in [1.29, 1.82) is 0 Å². The van der Waals surface area contributed by atoms with E-state index in [-0.39, 0.29) is 24.7 Å². The number of amides is 1. The van der Waals surface area contributed by atoms with E-state index in [1.54, 1.807) is 4.90 Å². The van der Waals surface area contributed by atoms with Gasteiger partial charge in [-0.05, 0) is 0 Å². The molecule has 1 amide bonds. The van der Waals surface area contributed by atoms with Crippen molar-refractivity contribution in [3.63, 3.8) is 0 Å². The average molecular weight is 264 g/mol. The van der Waals surface area contributed by atoms with E-state index in [9.17, 15) is 18.0 Å². The Labute approximate surface area is 100 Å². The Morgan fingerprint density at radius 3 is 2.12 bits per heavy atom. The van der Waals surface area contributed by atoms with Crippen molar-refractivity contribution in [1.82, 2.24) is 9.21 Å². The summed E-state index contributed by atoms with van der Waals surface area (Å²) in [7, 11) is -3.51. The van der Waals surface area contributed by atoms with Crippen LogP contribution in [0.1, 0.15) is 13.3 Å². The first kappa shape index (κ1) is 13.9. The Hall–Kier alpha value is -1.15. The van der Waals surface area contributed by atoms with Crippen LogP contribution >= 0.6 is 0 Å². The fourth-order valence-corrected chi connectivity index (χ4v) is 3.04. The molecule has 0 unspecified atom stereocenters. The lowest BCUT2D eigenvalue weighted by atomic mass is 10.3. The van der Waals surface area contributed by atoms with Crippen LogP contribution in [0.3, 0.4) is 0 Å². The van der Waals surface area contributed by atoms with Gasteiger partial charge in [-0.25, -0.2) is 8.42 Å². The zero-order valence-corrected chi connectivity index (χ0v) is 10.4. The molecule has 0 aromatic carbocycles. The highest BCUT2D eigenvalue weighted by molar-refractivity contribution is 7.89. The number of carboxylic acid groups (broad SMARTS) is 1. The molecule has 7 nitrogen and oxygen atoms in total. The fraction of sp³-hybridized carbons (Fsp3) is 0.778. The SMILES string of the molecule is CC(=O)N1CCN(S(=O)(=O)CCC(=O)O)CC1. The average Bonchev–Trinajstić information content (AvgIpc) is 2.27. The molecule has 0 radical (unpaired) electrons. The Balaban J connectivity index is 2.52. The zero-order chi connectivity index (χ0) is 13.1. The molecule has 1 N–H and O–H groups in total. The topological polar surface area (TPSA) is 95.0 Å². The van der Waals surface area contributed by atoms with Gasteiger partial charge < -0.3 is 10.0 Å². The lowest BCUT2D eigenvalue weighted by molar-refractivity contribution is -0.136. The second-order valence-corrected chi connectivity index (χ2v) is 5.95. The molecule has 1 saturated heterocycles. The minimum atomic E-state index is -3.51. The molecule has 0 aromatic rings. The number of nitrogens with zero attached hydrogens (tertiary/aromatic N) is 2. The van der Waals surface area contributed by atoms with Gasteiger partial charge in [0.15, 0.2) is 0 Å². The van der Waals surface area contributed by atoms with Crippen LogP contribution in [-0.2, 0) is 19.6 Å². The van der Waals surface area contributed by atoms with Gasteiger partial charge in [0.25, 0.3) is 0 Å². The van der Waals surface area contributed by atoms with Crippen LogP contribution in [0.5, 0.6) is 0 Å². The van der Waals surface area contributed by atoms with Crippen molar-refractivity contribution in [2.24, 2.45) is 0 Å². The molecule has 1 fully saturated rings. The first-order chi connectivity index (χ1) is 7.83. The van der Waals surface area contributed by atoms with E-state index in [4.69, 9.17) is 5.11 Å². The maximum absolute atomic E-state index is 11.7. The number of sulfonamides is 1. The van der Waals surface area contributed by atoms with E-state index < -0.39 is 22.4 Å².